The molecule has 0 fully saturated rings. The zero-order valence-electron chi connectivity index (χ0n) is 7.16. The van der Waals surface area contributed by atoms with Crippen molar-refractivity contribution in [3.63, 3.8) is 0 Å². The number of rotatable bonds is 2. The molecule has 0 aromatic rings. The van der Waals surface area contributed by atoms with Crippen molar-refractivity contribution in [2.45, 2.75) is 32.4 Å². The van der Waals surface area contributed by atoms with Crippen LogP contribution in [0, 0.1) is 0 Å². The Morgan fingerprint density at radius 3 is 2.55 bits per heavy atom. The summed E-state index contributed by atoms with van der Waals surface area (Å²) in [6, 6.07) is 0.415. The Morgan fingerprint density at radius 1 is 1.64 bits per heavy atom. The quantitative estimate of drug-likeness (QED) is 0.468. The smallest absolute Gasteiger partial charge is 0.196 e. The molecule has 0 N–H and O–H groups in total. The van der Waals surface area contributed by atoms with Crippen molar-refractivity contribution < 1.29 is 0 Å². The van der Waals surface area contributed by atoms with Crippen LogP contribution in [0.25, 0.3) is 0 Å². The molecule has 0 radical (unpaired) electrons. The summed E-state index contributed by atoms with van der Waals surface area (Å²) >= 11 is 6.07. The average molecular weight is 176 g/mol. The molecular weight excluding hydrogens is 162 g/mol. The van der Waals surface area contributed by atoms with E-state index in [1.807, 2.05) is 16.8 Å². The van der Waals surface area contributed by atoms with Gasteiger partial charge in [0.1, 0.15) is 6.34 Å². The largest absolute Gasteiger partial charge is 0.324 e. The second kappa shape index (κ2) is 3.30. The Kier molecular flexibility index (Phi) is 2.60. The van der Waals surface area contributed by atoms with Crippen LogP contribution in [0.2, 0.25) is 0 Å². The maximum Gasteiger partial charge on any atom is 0.196 e. The molecule has 0 saturated heterocycles. The standard InChI is InChI=1S/C7H14ClN3/c1-4-11-7(8)10(5-9-11)6(2)3/h5-7H,4H2,1-3H3. The van der Waals surface area contributed by atoms with Gasteiger partial charge in [-0.1, -0.05) is 11.6 Å². The number of alkyl halides is 1. The molecule has 1 aliphatic heterocycles. The second-order valence-corrected chi connectivity index (χ2v) is 3.23. The molecule has 11 heavy (non-hydrogen) atoms. The number of hydrazone groups is 1. The number of halogens is 1. The van der Waals surface area contributed by atoms with Crippen molar-refractivity contribution in [3.8, 4) is 0 Å². The molecule has 0 saturated carbocycles. The molecule has 1 atom stereocenters. The van der Waals surface area contributed by atoms with E-state index in [-0.39, 0.29) is 5.62 Å². The summed E-state index contributed by atoms with van der Waals surface area (Å²) in [5.74, 6) is 0. The van der Waals surface area contributed by atoms with Crippen LogP contribution >= 0.6 is 11.6 Å². The molecule has 1 aliphatic rings. The monoisotopic (exact) mass is 175 g/mol. The van der Waals surface area contributed by atoms with E-state index < -0.39 is 0 Å². The van der Waals surface area contributed by atoms with Gasteiger partial charge >= 0.3 is 0 Å². The summed E-state index contributed by atoms with van der Waals surface area (Å²) in [5, 5.41) is 5.99. The molecule has 4 heteroatoms. The Labute approximate surface area is 72.6 Å². The maximum atomic E-state index is 6.07. The highest BCUT2D eigenvalue weighted by Gasteiger charge is 2.25. The maximum absolute atomic E-state index is 6.07. The molecule has 1 rings (SSSR count). The van der Waals surface area contributed by atoms with Gasteiger partial charge in [-0.15, -0.1) is 0 Å². The molecule has 64 valence electrons. The van der Waals surface area contributed by atoms with Crippen LogP contribution in [0.15, 0.2) is 5.10 Å². The Balaban J connectivity index is 2.56. The highest BCUT2D eigenvalue weighted by molar-refractivity contribution is 6.21. The molecule has 0 aromatic heterocycles. The minimum Gasteiger partial charge on any atom is -0.324 e. The van der Waals surface area contributed by atoms with E-state index in [0.29, 0.717) is 6.04 Å². The van der Waals surface area contributed by atoms with Crippen LogP contribution in [0.3, 0.4) is 0 Å². The van der Waals surface area contributed by atoms with Crippen LogP contribution in [0.4, 0.5) is 0 Å². The van der Waals surface area contributed by atoms with Gasteiger partial charge in [0.25, 0.3) is 0 Å². The lowest BCUT2D eigenvalue weighted by atomic mass is 10.4. The lowest BCUT2D eigenvalue weighted by Crippen LogP contribution is -2.39. The zero-order chi connectivity index (χ0) is 8.43. The predicted molar refractivity (Wildman–Crippen MR) is 47.5 cm³/mol. The first-order valence-corrected chi connectivity index (χ1v) is 4.32. The van der Waals surface area contributed by atoms with Crippen LogP contribution in [-0.2, 0) is 0 Å². The van der Waals surface area contributed by atoms with E-state index in [2.05, 4.69) is 18.9 Å². The van der Waals surface area contributed by atoms with Crippen molar-refractivity contribution in [1.29, 1.82) is 0 Å². The zero-order valence-corrected chi connectivity index (χ0v) is 7.91. The Hall–Kier alpha value is -0.440. The van der Waals surface area contributed by atoms with Crippen LogP contribution in [0.1, 0.15) is 20.8 Å². The topological polar surface area (TPSA) is 18.8 Å². The van der Waals surface area contributed by atoms with Crippen molar-refractivity contribution in [3.05, 3.63) is 0 Å². The van der Waals surface area contributed by atoms with E-state index in [0.717, 1.165) is 6.54 Å². The van der Waals surface area contributed by atoms with E-state index >= 15 is 0 Å². The van der Waals surface area contributed by atoms with Gasteiger partial charge in [0.05, 0.1) is 0 Å². The van der Waals surface area contributed by atoms with Crippen molar-refractivity contribution in [1.82, 2.24) is 9.91 Å². The molecule has 0 aromatic carbocycles. The van der Waals surface area contributed by atoms with Gasteiger partial charge < -0.3 is 4.90 Å². The molecule has 1 heterocycles. The summed E-state index contributed by atoms with van der Waals surface area (Å²) in [4.78, 5) is 2.02. The van der Waals surface area contributed by atoms with Crippen molar-refractivity contribution in [2.75, 3.05) is 6.54 Å². The van der Waals surface area contributed by atoms with Crippen LogP contribution < -0.4 is 0 Å². The highest BCUT2D eigenvalue weighted by Crippen LogP contribution is 2.17. The molecular formula is C7H14ClN3. The average Bonchev–Trinajstić information content (AvgIpc) is 2.30. The molecule has 0 aliphatic carbocycles. The first-order chi connectivity index (χ1) is 5.16. The van der Waals surface area contributed by atoms with Gasteiger partial charge in [0.2, 0.25) is 0 Å². The van der Waals surface area contributed by atoms with Gasteiger partial charge in [-0.05, 0) is 20.8 Å². The van der Waals surface area contributed by atoms with E-state index in [1.54, 1.807) is 6.34 Å². The third kappa shape index (κ3) is 1.59. The lowest BCUT2D eigenvalue weighted by molar-refractivity contribution is 0.186. The first-order valence-electron chi connectivity index (χ1n) is 3.89. The summed E-state index contributed by atoms with van der Waals surface area (Å²) in [7, 11) is 0. The molecule has 3 nitrogen and oxygen atoms in total. The number of nitrogens with zero attached hydrogens (tertiary/aromatic N) is 3. The summed E-state index contributed by atoms with van der Waals surface area (Å²) in [6.45, 7) is 7.09. The minimum atomic E-state index is -0.0972. The fraction of sp³-hybridized carbons (Fsp3) is 0.857. The first kappa shape index (κ1) is 8.65. The van der Waals surface area contributed by atoms with Gasteiger partial charge in [-0.2, -0.15) is 5.10 Å². The highest BCUT2D eigenvalue weighted by atomic mass is 35.5. The minimum absolute atomic E-state index is 0.0972. The van der Waals surface area contributed by atoms with Crippen molar-refractivity contribution in [2.24, 2.45) is 5.10 Å². The molecule has 1 unspecified atom stereocenters. The van der Waals surface area contributed by atoms with Crippen LogP contribution in [-0.4, -0.2) is 34.5 Å². The fourth-order valence-corrected chi connectivity index (χ4v) is 1.47. The van der Waals surface area contributed by atoms with Crippen molar-refractivity contribution >= 4 is 17.9 Å². The SMILES string of the molecule is CCN1N=CN(C(C)C)C1Cl. The number of hydrogen-bond donors (Lipinski definition) is 0. The predicted octanol–water partition coefficient (Wildman–Crippen LogP) is 1.50. The summed E-state index contributed by atoms with van der Waals surface area (Å²) < 4.78 is 0. The fourth-order valence-electron chi connectivity index (χ4n) is 1.00. The Bertz CT molecular complexity index is 158. The van der Waals surface area contributed by atoms with Gasteiger partial charge in [-0.3, -0.25) is 5.01 Å². The third-order valence-corrected chi connectivity index (χ3v) is 2.20. The normalized spacial score (nSPS) is 23.9. The Morgan fingerprint density at radius 2 is 2.27 bits per heavy atom. The van der Waals surface area contributed by atoms with Gasteiger partial charge in [0.15, 0.2) is 5.62 Å². The summed E-state index contributed by atoms with van der Waals surface area (Å²) in [5.41, 5.74) is -0.0972. The molecule has 0 amide bonds. The number of hydrogen-bond acceptors (Lipinski definition) is 3. The van der Waals surface area contributed by atoms with Crippen LogP contribution in [0.5, 0.6) is 0 Å². The molecule has 0 spiro atoms. The van der Waals surface area contributed by atoms with E-state index in [1.165, 1.54) is 0 Å². The summed E-state index contributed by atoms with van der Waals surface area (Å²) in [6.07, 6.45) is 1.80. The third-order valence-electron chi connectivity index (χ3n) is 1.75. The molecule has 0 bridgehead atoms. The van der Waals surface area contributed by atoms with Gasteiger partial charge in [-0.25, -0.2) is 0 Å². The van der Waals surface area contributed by atoms with E-state index in [9.17, 15) is 0 Å². The van der Waals surface area contributed by atoms with Gasteiger partial charge in [0, 0.05) is 12.6 Å². The second-order valence-electron chi connectivity index (χ2n) is 2.84. The lowest BCUT2D eigenvalue weighted by Gasteiger charge is -2.27. The van der Waals surface area contributed by atoms with E-state index in [4.69, 9.17) is 11.6 Å².